The minimum Gasteiger partial charge on any atom is -0.381 e. The molecular formula is C13H16N4O2. The van der Waals surface area contributed by atoms with Gasteiger partial charge in [0.25, 0.3) is 0 Å². The van der Waals surface area contributed by atoms with Crippen molar-refractivity contribution >= 4 is 0 Å². The Balaban J connectivity index is 1.91. The van der Waals surface area contributed by atoms with Crippen molar-refractivity contribution in [1.82, 2.24) is 15.1 Å². The van der Waals surface area contributed by atoms with Gasteiger partial charge in [0, 0.05) is 18.9 Å². The minimum absolute atomic E-state index is 0.467. The Morgan fingerprint density at radius 2 is 2.00 bits per heavy atom. The normalized spacial score (nSPS) is 18.4. The van der Waals surface area contributed by atoms with Gasteiger partial charge in [-0.1, -0.05) is 11.2 Å². The second-order valence-corrected chi connectivity index (χ2v) is 4.86. The Morgan fingerprint density at radius 3 is 2.74 bits per heavy atom. The van der Waals surface area contributed by atoms with E-state index in [4.69, 9.17) is 15.0 Å². The van der Waals surface area contributed by atoms with E-state index < -0.39 is 5.54 Å². The Kier molecular flexibility index (Phi) is 3.04. The molecule has 3 heterocycles. The van der Waals surface area contributed by atoms with E-state index in [1.807, 2.05) is 25.1 Å². The van der Waals surface area contributed by atoms with Gasteiger partial charge >= 0.3 is 0 Å². The van der Waals surface area contributed by atoms with Crippen LogP contribution in [-0.2, 0) is 10.3 Å². The van der Waals surface area contributed by atoms with Gasteiger partial charge in [0.1, 0.15) is 11.2 Å². The van der Waals surface area contributed by atoms with Gasteiger partial charge < -0.3 is 15.0 Å². The predicted molar refractivity (Wildman–Crippen MR) is 68.2 cm³/mol. The number of pyridine rings is 1. The molecule has 3 rings (SSSR count). The topological polar surface area (TPSA) is 87.1 Å². The highest BCUT2D eigenvalue weighted by Crippen LogP contribution is 2.29. The molecule has 1 aliphatic heterocycles. The van der Waals surface area contributed by atoms with Crippen molar-refractivity contribution in [2.75, 3.05) is 13.2 Å². The first-order chi connectivity index (χ1) is 9.17. The van der Waals surface area contributed by atoms with E-state index in [2.05, 4.69) is 15.1 Å². The van der Waals surface area contributed by atoms with Crippen LogP contribution >= 0.6 is 0 Å². The number of aryl methyl sites for hydroxylation is 1. The molecule has 0 unspecified atom stereocenters. The highest BCUT2D eigenvalue weighted by atomic mass is 16.5. The van der Waals surface area contributed by atoms with Gasteiger partial charge in [-0.2, -0.15) is 4.98 Å². The molecule has 1 fully saturated rings. The molecule has 1 saturated heterocycles. The third-order valence-corrected chi connectivity index (χ3v) is 3.35. The van der Waals surface area contributed by atoms with E-state index in [1.165, 1.54) is 0 Å². The molecule has 0 saturated carbocycles. The molecule has 2 aromatic heterocycles. The zero-order chi connectivity index (χ0) is 13.3. The van der Waals surface area contributed by atoms with Crippen molar-refractivity contribution in [3.63, 3.8) is 0 Å². The first-order valence-corrected chi connectivity index (χ1v) is 6.32. The van der Waals surface area contributed by atoms with Gasteiger partial charge in [-0.25, -0.2) is 4.98 Å². The fraction of sp³-hybridized carbons (Fsp3) is 0.462. The summed E-state index contributed by atoms with van der Waals surface area (Å²) in [5.41, 5.74) is 7.34. The molecule has 0 spiro atoms. The number of aromatic nitrogens is 3. The van der Waals surface area contributed by atoms with Crippen molar-refractivity contribution in [2.24, 2.45) is 5.73 Å². The van der Waals surface area contributed by atoms with Crippen LogP contribution in [0.4, 0.5) is 0 Å². The highest BCUT2D eigenvalue weighted by molar-refractivity contribution is 5.48. The van der Waals surface area contributed by atoms with Crippen molar-refractivity contribution in [3.8, 4) is 11.5 Å². The average molecular weight is 260 g/mol. The Labute approximate surface area is 111 Å². The van der Waals surface area contributed by atoms with Gasteiger partial charge in [-0.15, -0.1) is 0 Å². The fourth-order valence-corrected chi connectivity index (χ4v) is 2.15. The zero-order valence-corrected chi connectivity index (χ0v) is 10.8. The van der Waals surface area contributed by atoms with Crippen molar-refractivity contribution in [2.45, 2.75) is 25.3 Å². The molecule has 0 amide bonds. The summed E-state index contributed by atoms with van der Waals surface area (Å²) in [4.78, 5) is 8.77. The van der Waals surface area contributed by atoms with Gasteiger partial charge in [0.2, 0.25) is 11.7 Å². The van der Waals surface area contributed by atoms with E-state index >= 15 is 0 Å². The Bertz CT molecular complexity index is 576. The molecule has 0 atom stereocenters. The molecule has 1 aliphatic rings. The number of nitrogens with zero attached hydrogens (tertiary/aromatic N) is 3. The summed E-state index contributed by atoms with van der Waals surface area (Å²) in [5.74, 6) is 0.948. The number of nitrogens with two attached hydrogens (primary N) is 1. The van der Waals surface area contributed by atoms with Crippen LogP contribution < -0.4 is 5.73 Å². The number of hydrogen-bond acceptors (Lipinski definition) is 6. The molecule has 0 radical (unpaired) electrons. The second kappa shape index (κ2) is 4.71. The van der Waals surface area contributed by atoms with Gasteiger partial charge in [-0.05, 0) is 31.9 Å². The lowest BCUT2D eigenvalue weighted by Gasteiger charge is -2.29. The summed E-state index contributed by atoms with van der Waals surface area (Å²) in [5, 5.41) is 3.98. The molecule has 2 N–H and O–H groups in total. The van der Waals surface area contributed by atoms with Gasteiger partial charge in [0.15, 0.2) is 0 Å². The van der Waals surface area contributed by atoms with Crippen molar-refractivity contribution < 1.29 is 9.26 Å². The molecule has 6 heteroatoms. The monoisotopic (exact) mass is 260 g/mol. The molecule has 2 aromatic rings. The first-order valence-electron chi connectivity index (χ1n) is 6.32. The summed E-state index contributed by atoms with van der Waals surface area (Å²) in [6, 6.07) is 5.70. The summed E-state index contributed by atoms with van der Waals surface area (Å²) in [7, 11) is 0. The lowest BCUT2D eigenvalue weighted by molar-refractivity contribution is 0.0400. The zero-order valence-electron chi connectivity index (χ0n) is 10.8. The first kappa shape index (κ1) is 12.3. The van der Waals surface area contributed by atoms with Crippen LogP contribution in [0.25, 0.3) is 11.5 Å². The van der Waals surface area contributed by atoms with Gasteiger partial charge in [0.05, 0.1) is 0 Å². The van der Waals surface area contributed by atoms with Crippen molar-refractivity contribution in [1.29, 1.82) is 0 Å². The lowest BCUT2D eigenvalue weighted by Crippen LogP contribution is -2.42. The van der Waals surface area contributed by atoms with Crippen LogP contribution in [0.3, 0.4) is 0 Å². The van der Waals surface area contributed by atoms with E-state index in [9.17, 15) is 0 Å². The number of rotatable bonds is 2. The lowest BCUT2D eigenvalue weighted by atomic mass is 9.91. The summed E-state index contributed by atoms with van der Waals surface area (Å²) in [6.07, 6.45) is 1.38. The maximum atomic E-state index is 6.31. The average Bonchev–Trinajstić information content (AvgIpc) is 2.90. The molecule has 0 aliphatic carbocycles. The molecule has 6 nitrogen and oxygen atoms in total. The van der Waals surface area contributed by atoms with Crippen LogP contribution in [-0.4, -0.2) is 28.3 Å². The number of hydrogen-bond donors (Lipinski definition) is 1. The summed E-state index contributed by atoms with van der Waals surface area (Å²) < 4.78 is 10.6. The molecule has 0 bridgehead atoms. The predicted octanol–water partition coefficient (Wildman–Crippen LogP) is 1.40. The van der Waals surface area contributed by atoms with E-state index in [1.54, 1.807) is 0 Å². The van der Waals surface area contributed by atoms with E-state index in [0.717, 1.165) is 5.69 Å². The summed E-state index contributed by atoms with van der Waals surface area (Å²) in [6.45, 7) is 3.17. The maximum Gasteiger partial charge on any atom is 0.247 e. The van der Waals surface area contributed by atoms with Crippen LogP contribution in [0, 0.1) is 6.92 Å². The number of ether oxygens (including phenoxy) is 1. The quantitative estimate of drug-likeness (QED) is 0.878. The molecule has 100 valence electrons. The molecular weight excluding hydrogens is 244 g/mol. The standard InChI is InChI=1S/C13H16N4O2/c1-9-3-2-4-10(15-9)11-16-12(19-17-11)13(14)5-7-18-8-6-13/h2-4H,5-8,14H2,1H3. The van der Waals surface area contributed by atoms with Crippen LogP contribution in [0.5, 0.6) is 0 Å². The smallest absolute Gasteiger partial charge is 0.247 e. The highest BCUT2D eigenvalue weighted by Gasteiger charge is 2.36. The summed E-state index contributed by atoms with van der Waals surface area (Å²) >= 11 is 0. The van der Waals surface area contributed by atoms with Crippen LogP contribution in [0.1, 0.15) is 24.4 Å². The fourth-order valence-electron chi connectivity index (χ4n) is 2.15. The minimum atomic E-state index is -0.576. The van der Waals surface area contributed by atoms with Crippen molar-refractivity contribution in [3.05, 3.63) is 29.8 Å². The third-order valence-electron chi connectivity index (χ3n) is 3.35. The maximum absolute atomic E-state index is 6.31. The van der Waals surface area contributed by atoms with Gasteiger partial charge in [-0.3, -0.25) is 0 Å². The largest absolute Gasteiger partial charge is 0.381 e. The van der Waals surface area contributed by atoms with E-state index in [0.29, 0.717) is 43.5 Å². The molecule has 0 aromatic carbocycles. The Hall–Kier alpha value is -1.79. The van der Waals surface area contributed by atoms with E-state index in [-0.39, 0.29) is 0 Å². The Morgan fingerprint density at radius 1 is 1.21 bits per heavy atom. The SMILES string of the molecule is Cc1cccc(-c2noc(C3(N)CCOCC3)n2)n1. The second-order valence-electron chi connectivity index (χ2n) is 4.86. The molecule has 19 heavy (non-hydrogen) atoms. The third kappa shape index (κ3) is 2.36. The van der Waals surface area contributed by atoms with Crippen LogP contribution in [0.2, 0.25) is 0 Å². The van der Waals surface area contributed by atoms with Crippen LogP contribution in [0.15, 0.2) is 22.7 Å².